The highest BCUT2D eigenvalue weighted by molar-refractivity contribution is 5.68. The Labute approximate surface area is 130 Å². The molecule has 0 fully saturated rings. The number of hydrogen-bond donors (Lipinski definition) is 3. The third-order valence-electron chi connectivity index (χ3n) is 2.73. The largest absolute Gasteiger partial charge is 0.444 e. The van der Waals surface area contributed by atoms with Crippen LogP contribution in [0.25, 0.3) is 0 Å². The SMILES string of the molecule is CCN(C(=O)OC(C)(C)C)[C@H](C)CNc1nc(N)nc(N)n1. The normalized spacial score (nSPS) is 12.6. The highest BCUT2D eigenvalue weighted by Crippen LogP contribution is 2.12. The van der Waals surface area contributed by atoms with Crippen molar-refractivity contribution in [3.8, 4) is 0 Å². The van der Waals surface area contributed by atoms with Gasteiger partial charge in [0, 0.05) is 19.1 Å². The van der Waals surface area contributed by atoms with Gasteiger partial charge in [-0.15, -0.1) is 0 Å². The van der Waals surface area contributed by atoms with Gasteiger partial charge in [-0.1, -0.05) is 0 Å². The molecular formula is C13H25N7O2. The van der Waals surface area contributed by atoms with Crippen LogP contribution in [0.4, 0.5) is 22.6 Å². The van der Waals surface area contributed by atoms with E-state index in [4.69, 9.17) is 16.2 Å². The van der Waals surface area contributed by atoms with E-state index in [1.807, 2.05) is 34.6 Å². The monoisotopic (exact) mass is 311 g/mol. The molecule has 0 saturated heterocycles. The molecule has 1 atom stereocenters. The smallest absolute Gasteiger partial charge is 0.410 e. The molecule has 0 bridgehead atoms. The van der Waals surface area contributed by atoms with Gasteiger partial charge < -0.3 is 26.4 Å². The number of nitrogens with two attached hydrogens (primary N) is 2. The Kier molecular flexibility index (Phi) is 5.72. The third-order valence-corrected chi connectivity index (χ3v) is 2.73. The summed E-state index contributed by atoms with van der Waals surface area (Å²) in [6.07, 6.45) is -0.362. The van der Waals surface area contributed by atoms with Gasteiger partial charge in [0.05, 0.1) is 0 Å². The molecule has 0 aliphatic heterocycles. The van der Waals surface area contributed by atoms with Crippen LogP contribution in [-0.2, 0) is 4.74 Å². The number of hydrogen-bond acceptors (Lipinski definition) is 8. The molecule has 1 rings (SSSR count). The van der Waals surface area contributed by atoms with Crippen LogP contribution in [0.1, 0.15) is 34.6 Å². The summed E-state index contributed by atoms with van der Waals surface area (Å²) < 4.78 is 5.38. The van der Waals surface area contributed by atoms with Crippen molar-refractivity contribution in [3.63, 3.8) is 0 Å². The first kappa shape index (κ1) is 17.7. The molecule has 124 valence electrons. The van der Waals surface area contributed by atoms with E-state index in [0.717, 1.165) is 0 Å². The zero-order valence-electron chi connectivity index (χ0n) is 13.8. The number of nitrogen functional groups attached to an aromatic ring is 2. The lowest BCUT2D eigenvalue weighted by Crippen LogP contribution is -2.44. The summed E-state index contributed by atoms with van der Waals surface area (Å²) in [6.45, 7) is 10.2. The maximum atomic E-state index is 12.1. The Hall–Kier alpha value is -2.32. The number of anilines is 3. The van der Waals surface area contributed by atoms with Gasteiger partial charge in [-0.3, -0.25) is 0 Å². The molecule has 0 spiro atoms. The van der Waals surface area contributed by atoms with Crippen LogP contribution < -0.4 is 16.8 Å². The first-order valence-corrected chi connectivity index (χ1v) is 7.13. The van der Waals surface area contributed by atoms with Crippen molar-refractivity contribution in [3.05, 3.63) is 0 Å². The Morgan fingerprint density at radius 3 is 2.27 bits per heavy atom. The molecule has 0 aromatic carbocycles. The van der Waals surface area contributed by atoms with E-state index in [2.05, 4.69) is 20.3 Å². The number of ether oxygens (including phenoxy) is 1. The van der Waals surface area contributed by atoms with Gasteiger partial charge in [-0.05, 0) is 34.6 Å². The molecule has 1 aromatic rings. The van der Waals surface area contributed by atoms with Crippen LogP contribution in [0, 0.1) is 0 Å². The first-order chi connectivity index (χ1) is 10.1. The average molecular weight is 311 g/mol. The molecule has 9 heteroatoms. The highest BCUT2D eigenvalue weighted by atomic mass is 16.6. The number of amides is 1. The topological polar surface area (TPSA) is 132 Å². The number of rotatable bonds is 5. The molecule has 0 unspecified atom stereocenters. The number of likely N-dealkylation sites (N-methyl/N-ethyl adjacent to an activating group) is 1. The minimum Gasteiger partial charge on any atom is -0.444 e. The molecule has 0 radical (unpaired) electrons. The number of carbonyl (C=O) groups excluding carboxylic acids is 1. The van der Waals surface area contributed by atoms with Crippen LogP contribution in [-0.4, -0.2) is 50.7 Å². The first-order valence-electron chi connectivity index (χ1n) is 7.13. The fourth-order valence-electron chi connectivity index (χ4n) is 1.78. The minimum atomic E-state index is -0.533. The summed E-state index contributed by atoms with van der Waals surface area (Å²) >= 11 is 0. The highest BCUT2D eigenvalue weighted by Gasteiger charge is 2.24. The lowest BCUT2D eigenvalue weighted by Gasteiger charge is -2.31. The Balaban J connectivity index is 2.65. The van der Waals surface area contributed by atoms with Gasteiger partial charge in [0.15, 0.2) is 0 Å². The van der Waals surface area contributed by atoms with Gasteiger partial charge in [0.2, 0.25) is 17.8 Å². The number of nitrogens with one attached hydrogen (secondary N) is 1. The predicted molar refractivity (Wildman–Crippen MR) is 85.2 cm³/mol. The second-order valence-corrected chi connectivity index (χ2v) is 5.87. The fraction of sp³-hybridized carbons (Fsp3) is 0.692. The quantitative estimate of drug-likeness (QED) is 0.736. The van der Waals surface area contributed by atoms with Crippen molar-refractivity contribution < 1.29 is 9.53 Å². The van der Waals surface area contributed by atoms with Gasteiger partial charge in [-0.2, -0.15) is 15.0 Å². The van der Waals surface area contributed by atoms with Crippen LogP contribution >= 0.6 is 0 Å². The molecule has 0 aliphatic carbocycles. The summed E-state index contributed by atoms with van der Waals surface area (Å²) in [6, 6.07) is -0.126. The second-order valence-electron chi connectivity index (χ2n) is 5.87. The Morgan fingerprint density at radius 1 is 1.27 bits per heavy atom. The predicted octanol–water partition coefficient (Wildman–Crippen LogP) is 1.09. The van der Waals surface area contributed by atoms with Crippen molar-refractivity contribution in [2.75, 3.05) is 29.9 Å². The van der Waals surface area contributed by atoms with Gasteiger partial charge in [-0.25, -0.2) is 4.79 Å². The number of nitrogens with zero attached hydrogens (tertiary/aromatic N) is 4. The van der Waals surface area contributed by atoms with Crippen molar-refractivity contribution in [1.29, 1.82) is 0 Å². The molecule has 1 aromatic heterocycles. The molecule has 1 heterocycles. The lowest BCUT2D eigenvalue weighted by molar-refractivity contribution is 0.0198. The van der Waals surface area contributed by atoms with Gasteiger partial charge in [0.25, 0.3) is 0 Å². The van der Waals surface area contributed by atoms with Gasteiger partial charge >= 0.3 is 6.09 Å². The van der Waals surface area contributed by atoms with E-state index in [0.29, 0.717) is 13.1 Å². The second kappa shape index (κ2) is 7.10. The molecule has 0 aliphatic rings. The van der Waals surface area contributed by atoms with Crippen LogP contribution in [0.2, 0.25) is 0 Å². The molecular weight excluding hydrogens is 286 g/mol. The fourth-order valence-corrected chi connectivity index (χ4v) is 1.78. The van der Waals surface area contributed by atoms with E-state index in [9.17, 15) is 4.79 Å². The number of aromatic nitrogens is 3. The van der Waals surface area contributed by atoms with Crippen molar-refractivity contribution in [2.24, 2.45) is 0 Å². The van der Waals surface area contributed by atoms with Crippen LogP contribution in [0.5, 0.6) is 0 Å². The molecule has 5 N–H and O–H groups in total. The number of carbonyl (C=O) groups is 1. The van der Waals surface area contributed by atoms with E-state index in [-0.39, 0.29) is 30.0 Å². The van der Waals surface area contributed by atoms with Crippen LogP contribution in [0.3, 0.4) is 0 Å². The maximum Gasteiger partial charge on any atom is 0.410 e. The van der Waals surface area contributed by atoms with Crippen molar-refractivity contribution in [2.45, 2.75) is 46.3 Å². The summed E-state index contributed by atoms with van der Waals surface area (Å²) in [7, 11) is 0. The van der Waals surface area contributed by atoms with Crippen molar-refractivity contribution in [1.82, 2.24) is 19.9 Å². The molecule has 0 saturated carbocycles. The molecule has 9 nitrogen and oxygen atoms in total. The Bertz CT molecular complexity index is 495. The zero-order valence-corrected chi connectivity index (χ0v) is 13.8. The van der Waals surface area contributed by atoms with Crippen LogP contribution in [0.15, 0.2) is 0 Å². The summed E-state index contributed by atoms with van der Waals surface area (Å²) in [5.41, 5.74) is 10.5. The van der Waals surface area contributed by atoms with E-state index < -0.39 is 5.60 Å². The molecule has 22 heavy (non-hydrogen) atoms. The average Bonchev–Trinajstić information content (AvgIpc) is 2.33. The minimum absolute atomic E-state index is 0.0437. The summed E-state index contributed by atoms with van der Waals surface area (Å²) in [4.78, 5) is 25.3. The van der Waals surface area contributed by atoms with E-state index in [1.54, 1.807) is 4.90 Å². The lowest BCUT2D eigenvalue weighted by atomic mass is 10.2. The zero-order chi connectivity index (χ0) is 16.9. The molecule has 1 amide bonds. The standard InChI is InChI=1S/C13H25N7O2/c1-6-20(12(21)22-13(3,4)5)8(2)7-16-11-18-9(14)17-10(15)19-11/h8H,6-7H2,1-5H3,(H5,14,15,16,17,18,19)/t8-/m1/s1. The van der Waals surface area contributed by atoms with E-state index >= 15 is 0 Å². The summed E-state index contributed by atoms with van der Waals surface area (Å²) in [5, 5.41) is 2.99. The third kappa shape index (κ3) is 5.58. The van der Waals surface area contributed by atoms with E-state index in [1.165, 1.54) is 0 Å². The Morgan fingerprint density at radius 2 is 1.82 bits per heavy atom. The summed E-state index contributed by atoms with van der Waals surface area (Å²) in [5.74, 6) is 0.362. The van der Waals surface area contributed by atoms with Crippen molar-refractivity contribution >= 4 is 23.9 Å². The maximum absolute atomic E-state index is 12.1. The van der Waals surface area contributed by atoms with Gasteiger partial charge in [0.1, 0.15) is 5.60 Å².